The lowest BCUT2D eigenvalue weighted by atomic mass is 10.2. The van der Waals surface area contributed by atoms with Crippen molar-refractivity contribution in [2.75, 3.05) is 13.1 Å². The second-order valence-electron chi connectivity index (χ2n) is 2.34. The molecule has 0 saturated carbocycles. The average molecular weight is 141 g/mol. The van der Waals surface area contributed by atoms with Gasteiger partial charge in [-0.1, -0.05) is 25.5 Å². The van der Waals surface area contributed by atoms with E-state index in [0.717, 1.165) is 6.54 Å². The van der Waals surface area contributed by atoms with Crippen molar-refractivity contribution in [1.29, 1.82) is 0 Å². The van der Waals surface area contributed by atoms with Gasteiger partial charge in [-0.25, -0.2) is 0 Å². The van der Waals surface area contributed by atoms with Crippen molar-refractivity contribution in [2.24, 2.45) is 0 Å². The van der Waals surface area contributed by atoms with E-state index in [9.17, 15) is 0 Å². The maximum atomic E-state index is 3.33. The van der Waals surface area contributed by atoms with Crippen molar-refractivity contribution in [1.82, 2.24) is 5.32 Å². The number of rotatable bonds is 0. The van der Waals surface area contributed by atoms with Crippen LogP contribution in [0.5, 0.6) is 0 Å². The molecule has 1 aliphatic rings. The minimum absolute atomic E-state index is 1.16. The van der Waals surface area contributed by atoms with E-state index in [-0.39, 0.29) is 0 Å². The lowest BCUT2D eigenvalue weighted by Crippen LogP contribution is -2.13. The maximum absolute atomic E-state index is 3.33. The third-order valence-corrected chi connectivity index (χ3v) is 1.51. The quantitative estimate of drug-likeness (QED) is 0.511. The van der Waals surface area contributed by atoms with Crippen LogP contribution in [0.1, 0.15) is 33.6 Å². The molecule has 0 amide bonds. The zero-order valence-electron chi connectivity index (χ0n) is 7.41. The molecule has 0 spiro atoms. The van der Waals surface area contributed by atoms with Gasteiger partial charge < -0.3 is 5.32 Å². The molecule has 1 heteroatoms. The standard InChI is InChI=1S/C7H13N.C2H6/c1-7-3-2-5-8-6-4-7;1-2/h3,8H,2,4-6H2,1H3;1-2H3. The fourth-order valence-electron chi connectivity index (χ4n) is 0.933. The molecule has 0 aromatic carbocycles. The van der Waals surface area contributed by atoms with Crippen LogP contribution in [0.2, 0.25) is 0 Å². The summed E-state index contributed by atoms with van der Waals surface area (Å²) in [7, 11) is 0. The summed E-state index contributed by atoms with van der Waals surface area (Å²) in [5.41, 5.74) is 1.54. The monoisotopic (exact) mass is 141 g/mol. The highest BCUT2D eigenvalue weighted by atomic mass is 14.8. The number of hydrogen-bond acceptors (Lipinski definition) is 1. The van der Waals surface area contributed by atoms with Gasteiger partial charge in [-0.05, 0) is 32.9 Å². The van der Waals surface area contributed by atoms with Gasteiger partial charge in [0.25, 0.3) is 0 Å². The van der Waals surface area contributed by atoms with E-state index in [1.54, 1.807) is 0 Å². The Morgan fingerprint density at radius 3 is 2.70 bits per heavy atom. The molecule has 1 rings (SSSR count). The molecule has 1 N–H and O–H groups in total. The molecule has 0 atom stereocenters. The van der Waals surface area contributed by atoms with Gasteiger partial charge in [0.05, 0.1) is 0 Å². The SMILES string of the molecule is CC.CC1=CCCNCC1. The van der Waals surface area contributed by atoms with Crippen LogP contribution in [0.15, 0.2) is 11.6 Å². The topological polar surface area (TPSA) is 12.0 Å². The minimum atomic E-state index is 1.16. The molecule has 1 nitrogen and oxygen atoms in total. The van der Waals surface area contributed by atoms with E-state index in [1.807, 2.05) is 13.8 Å². The van der Waals surface area contributed by atoms with Gasteiger partial charge in [-0.2, -0.15) is 0 Å². The Balaban J connectivity index is 0.000000371. The average Bonchev–Trinajstić information content (AvgIpc) is 2.21. The van der Waals surface area contributed by atoms with Gasteiger partial charge in [-0.3, -0.25) is 0 Å². The highest BCUT2D eigenvalue weighted by molar-refractivity contribution is 5.00. The van der Waals surface area contributed by atoms with Gasteiger partial charge in [0, 0.05) is 0 Å². The first-order valence-electron chi connectivity index (χ1n) is 4.26. The van der Waals surface area contributed by atoms with Gasteiger partial charge in [0.15, 0.2) is 0 Å². The Morgan fingerprint density at radius 2 is 2.00 bits per heavy atom. The van der Waals surface area contributed by atoms with Crippen molar-refractivity contribution in [3.63, 3.8) is 0 Å². The molecular formula is C9H19N. The van der Waals surface area contributed by atoms with Crippen LogP contribution in [0.4, 0.5) is 0 Å². The lowest BCUT2D eigenvalue weighted by molar-refractivity contribution is 0.710. The highest BCUT2D eigenvalue weighted by Gasteiger charge is 1.93. The van der Waals surface area contributed by atoms with E-state index < -0.39 is 0 Å². The van der Waals surface area contributed by atoms with E-state index in [1.165, 1.54) is 25.0 Å². The smallest absolute Gasteiger partial charge is 0.00116 e. The predicted molar refractivity (Wildman–Crippen MR) is 47.2 cm³/mol. The highest BCUT2D eigenvalue weighted by Crippen LogP contribution is 2.02. The summed E-state index contributed by atoms with van der Waals surface area (Å²) in [5, 5.41) is 3.33. The Bertz CT molecular complexity index is 94.9. The first-order chi connectivity index (χ1) is 4.89. The van der Waals surface area contributed by atoms with E-state index >= 15 is 0 Å². The van der Waals surface area contributed by atoms with Crippen molar-refractivity contribution in [2.45, 2.75) is 33.6 Å². The zero-order chi connectivity index (χ0) is 7.82. The lowest BCUT2D eigenvalue weighted by Gasteiger charge is -1.94. The molecule has 0 fully saturated rings. The summed E-state index contributed by atoms with van der Waals surface area (Å²) >= 11 is 0. The molecule has 0 bridgehead atoms. The second-order valence-corrected chi connectivity index (χ2v) is 2.34. The number of hydrogen-bond donors (Lipinski definition) is 1. The van der Waals surface area contributed by atoms with Crippen molar-refractivity contribution in [3.05, 3.63) is 11.6 Å². The minimum Gasteiger partial charge on any atom is -0.316 e. The predicted octanol–water partition coefficient (Wildman–Crippen LogP) is 2.34. The largest absolute Gasteiger partial charge is 0.316 e. The molecule has 0 unspecified atom stereocenters. The van der Waals surface area contributed by atoms with E-state index in [0.29, 0.717) is 0 Å². The van der Waals surface area contributed by atoms with Crippen LogP contribution < -0.4 is 5.32 Å². The van der Waals surface area contributed by atoms with E-state index in [2.05, 4.69) is 18.3 Å². The fourth-order valence-corrected chi connectivity index (χ4v) is 0.933. The normalized spacial score (nSPS) is 18.1. The van der Waals surface area contributed by atoms with Gasteiger partial charge in [-0.15, -0.1) is 0 Å². The summed E-state index contributed by atoms with van der Waals surface area (Å²) in [6.45, 7) is 8.53. The zero-order valence-corrected chi connectivity index (χ0v) is 7.41. The Morgan fingerprint density at radius 1 is 1.30 bits per heavy atom. The summed E-state index contributed by atoms with van der Waals surface area (Å²) in [5.74, 6) is 0. The maximum Gasteiger partial charge on any atom is -0.00116 e. The first-order valence-corrected chi connectivity index (χ1v) is 4.26. The first kappa shape index (κ1) is 9.70. The Labute approximate surface area is 64.5 Å². The Hall–Kier alpha value is -0.300. The summed E-state index contributed by atoms with van der Waals surface area (Å²) < 4.78 is 0. The molecule has 1 heterocycles. The third-order valence-electron chi connectivity index (χ3n) is 1.51. The molecule has 0 aliphatic carbocycles. The van der Waals surface area contributed by atoms with E-state index in [4.69, 9.17) is 0 Å². The van der Waals surface area contributed by atoms with Crippen molar-refractivity contribution < 1.29 is 0 Å². The summed E-state index contributed by atoms with van der Waals surface area (Å²) in [6, 6.07) is 0. The molecule has 0 saturated heterocycles. The van der Waals surface area contributed by atoms with Crippen LogP contribution >= 0.6 is 0 Å². The fraction of sp³-hybridized carbons (Fsp3) is 0.778. The Kier molecular flexibility index (Phi) is 6.61. The van der Waals surface area contributed by atoms with Crippen LogP contribution in [0.25, 0.3) is 0 Å². The van der Waals surface area contributed by atoms with Crippen LogP contribution in [-0.4, -0.2) is 13.1 Å². The number of nitrogens with one attached hydrogen (secondary N) is 1. The van der Waals surface area contributed by atoms with Gasteiger partial charge >= 0.3 is 0 Å². The van der Waals surface area contributed by atoms with Gasteiger partial charge in [0.1, 0.15) is 0 Å². The van der Waals surface area contributed by atoms with Crippen molar-refractivity contribution >= 4 is 0 Å². The molecule has 0 radical (unpaired) electrons. The van der Waals surface area contributed by atoms with Crippen molar-refractivity contribution in [3.8, 4) is 0 Å². The van der Waals surface area contributed by atoms with Crippen LogP contribution in [0, 0.1) is 0 Å². The molecule has 0 aromatic rings. The molecule has 0 aromatic heterocycles. The summed E-state index contributed by atoms with van der Waals surface area (Å²) in [6.07, 6.45) is 4.77. The molecular weight excluding hydrogens is 122 g/mol. The van der Waals surface area contributed by atoms with Gasteiger partial charge in [0.2, 0.25) is 0 Å². The third kappa shape index (κ3) is 4.57. The molecule has 1 aliphatic heterocycles. The summed E-state index contributed by atoms with van der Waals surface area (Å²) in [4.78, 5) is 0. The molecule has 60 valence electrons. The second kappa shape index (κ2) is 6.81. The van der Waals surface area contributed by atoms with Crippen LogP contribution in [0.3, 0.4) is 0 Å². The molecule has 10 heavy (non-hydrogen) atoms. The van der Waals surface area contributed by atoms with Crippen LogP contribution in [-0.2, 0) is 0 Å².